The molecule has 3 heteroatoms. The Labute approximate surface area is 99.4 Å². The molecule has 2 aromatic heterocycles. The molecule has 0 N–H and O–H groups in total. The molecule has 82 valence electrons. The van der Waals surface area contributed by atoms with Gasteiger partial charge in [-0.15, -0.1) is 0 Å². The standard InChI is InChI=1S/C14H11N3/c1-2-4-13(5-3-1)17-14(8-11-16-17)12-6-9-15-10-7-12/h1-11H. The van der Waals surface area contributed by atoms with Crippen molar-refractivity contribution in [1.29, 1.82) is 0 Å². The molecule has 0 spiro atoms. The first kappa shape index (κ1) is 9.78. The highest BCUT2D eigenvalue weighted by molar-refractivity contribution is 5.60. The normalized spacial score (nSPS) is 10.4. The lowest BCUT2D eigenvalue weighted by Crippen LogP contribution is -1.98. The molecule has 3 aromatic rings. The first-order valence-corrected chi connectivity index (χ1v) is 5.45. The van der Waals surface area contributed by atoms with Crippen molar-refractivity contribution < 1.29 is 0 Å². The molecule has 0 atom stereocenters. The van der Waals surface area contributed by atoms with Crippen molar-refractivity contribution in [3.8, 4) is 16.9 Å². The zero-order chi connectivity index (χ0) is 11.5. The Hall–Kier alpha value is -2.42. The number of pyridine rings is 1. The van der Waals surface area contributed by atoms with Gasteiger partial charge < -0.3 is 0 Å². The predicted molar refractivity (Wildman–Crippen MR) is 66.8 cm³/mol. The maximum Gasteiger partial charge on any atom is 0.0742 e. The Kier molecular flexibility index (Phi) is 2.43. The van der Waals surface area contributed by atoms with Crippen molar-refractivity contribution in [1.82, 2.24) is 14.8 Å². The van der Waals surface area contributed by atoms with E-state index < -0.39 is 0 Å². The molecule has 0 radical (unpaired) electrons. The third kappa shape index (κ3) is 1.83. The smallest absolute Gasteiger partial charge is 0.0742 e. The van der Waals surface area contributed by atoms with Gasteiger partial charge in [0.25, 0.3) is 0 Å². The molecular formula is C14H11N3. The van der Waals surface area contributed by atoms with Gasteiger partial charge in [-0.05, 0) is 30.3 Å². The van der Waals surface area contributed by atoms with Gasteiger partial charge in [0.1, 0.15) is 0 Å². The minimum absolute atomic E-state index is 1.06. The third-order valence-electron chi connectivity index (χ3n) is 2.62. The molecule has 0 unspecified atom stereocenters. The highest BCUT2D eigenvalue weighted by Gasteiger charge is 2.05. The number of aromatic nitrogens is 3. The van der Waals surface area contributed by atoms with Crippen molar-refractivity contribution in [3.63, 3.8) is 0 Å². The maximum atomic E-state index is 4.36. The van der Waals surface area contributed by atoms with Crippen LogP contribution in [0.2, 0.25) is 0 Å². The van der Waals surface area contributed by atoms with E-state index in [1.807, 2.05) is 59.4 Å². The summed E-state index contributed by atoms with van der Waals surface area (Å²) in [5.74, 6) is 0. The van der Waals surface area contributed by atoms with E-state index in [-0.39, 0.29) is 0 Å². The van der Waals surface area contributed by atoms with Gasteiger partial charge in [0.2, 0.25) is 0 Å². The Morgan fingerprint density at radius 3 is 2.29 bits per heavy atom. The molecule has 2 heterocycles. The summed E-state index contributed by atoms with van der Waals surface area (Å²) in [4.78, 5) is 4.03. The van der Waals surface area contributed by atoms with Crippen LogP contribution in [-0.4, -0.2) is 14.8 Å². The van der Waals surface area contributed by atoms with Gasteiger partial charge in [-0.2, -0.15) is 5.10 Å². The summed E-state index contributed by atoms with van der Waals surface area (Å²) in [6.07, 6.45) is 5.39. The predicted octanol–water partition coefficient (Wildman–Crippen LogP) is 2.93. The van der Waals surface area contributed by atoms with E-state index in [2.05, 4.69) is 10.1 Å². The first-order chi connectivity index (χ1) is 8.45. The Morgan fingerprint density at radius 1 is 0.765 bits per heavy atom. The van der Waals surface area contributed by atoms with Crippen LogP contribution in [0.1, 0.15) is 0 Å². The van der Waals surface area contributed by atoms with E-state index >= 15 is 0 Å². The third-order valence-corrected chi connectivity index (χ3v) is 2.62. The largest absolute Gasteiger partial charge is 0.265 e. The van der Waals surface area contributed by atoms with Gasteiger partial charge >= 0.3 is 0 Å². The fourth-order valence-corrected chi connectivity index (χ4v) is 1.82. The quantitative estimate of drug-likeness (QED) is 0.666. The fraction of sp³-hybridized carbons (Fsp3) is 0. The van der Waals surface area contributed by atoms with Gasteiger partial charge in [-0.25, -0.2) is 4.68 Å². The summed E-state index contributed by atoms with van der Waals surface area (Å²) in [7, 11) is 0. The molecule has 0 saturated heterocycles. The van der Waals surface area contributed by atoms with E-state index in [9.17, 15) is 0 Å². The van der Waals surface area contributed by atoms with Crippen molar-refractivity contribution in [2.45, 2.75) is 0 Å². The zero-order valence-electron chi connectivity index (χ0n) is 9.19. The number of hydrogen-bond acceptors (Lipinski definition) is 2. The monoisotopic (exact) mass is 221 g/mol. The van der Waals surface area contributed by atoms with Crippen LogP contribution in [0, 0.1) is 0 Å². The number of hydrogen-bond donors (Lipinski definition) is 0. The van der Waals surface area contributed by atoms with Crippen LogP contribution in [0.25, 0.3) is 16.9 Å². The van der Waals surface area contributed by atoms with E-state index in [4.69, 9.17) is 0 Å². The highest BCUT2D eigenvalue weighted by atomic mass is 15.3. The topological polar surface area (TPSA) is 30.7 Å². The van der Waals surface area contributed by atoms with E-state index in [0.29, 0.717) is 0 Å². The minimum atomic E-state index is 1.06. The summed E-state index contributed by atoms with van der Waals surface area (Å²) in [5, 5.41) is 4.36. The lowest BCUT2D eigenvalue weighted by molar-refractivity contribution is 0.888. The maximum absolute atomic E-state index is 4.36. The molecule has 3 rings (SSSR count). The molecule has 0 bridgehead atoms. The molecule has 0 fully saturated rings. The zero-order valence-corrected chi connectivity index (χ0v) is 9.19. The van der Waals surface area contributed by atoms with Crippen LogP contribution in [-0.2, 0) is 0 Å². The van der Waals surface area contributed by atoms with E-state index in [1.54, 1.807) is 12.4 Å². The Balaban J connectivity index is 2.13. The first-order valence-electron chi connectivity index (χ1n) is 5.45. The lowest BCUT2D eigenvalue weighted by Gasteiger charge is -2.06. The van der Waals surface area contributed by atoms with Crippen LogP contribution in [0.15, 0.2) is 67.1 Å². The van der Waals surface area contributed by atoms with Gasteiger partial charge in [0.15, 0.2) is 0 Å². The number of nitrogens with zero attached hydrogens (tertiary/aromatic N) is 3. The van der Waals surface area contributed by atoms with Crippen molar-refractivity contribution in [2.75, 3.05) is 0 Å². The minimum Gasteiger partial charge on any atom is -0.265 e. The molecule has 0 amide bonds. The molecule has 0 aliphatic rings. The fourth-order valence-electron chi connectivity index (χ4n) is 1.82. The average molecular weight is 221 g/mol. The van der Waals surface area contributed by atoms with Crippen LogP contribution in [0.4, 0.5) is 0 Å². The second-order valence-electron chi connectivity index (χ2n) is 3.70. The van der Waals surface area contributed by atoms with Gasteiger partial charge in [-0.3, -0.25) is 4.98 Å². The van der Waals surface area contributed by atoms with Gasteiger partial charge in [0.05, 0.1) is 17.6 Å². The Morgan fingerprint density at radius 2 is 1.53 bits per heavy atom. The van der Waals surface area contributed by atoms with E-state index in [1.165, 1.54) is 0 Å². The number of para-hydroxylation sites is 1. The molecule has 0 aliphatic carbocycles. The van der Waals surface area contributed by atoms with Crippen LogP contribution < -0.4 is 0 Å². The highest BCUT2D eigenvalue weighted by Crippen LogP contribution is 2.21. The summed E-state index contributed by atoms with van der Waals surface area (Å²) in [5.41, 5.74) is 3.24. The SMILES string of the molecule is c1ccc(-n2nccc2-c2ccncc2)cc1. The molecule has 0 saturated carbocycles. The van der Waals surface area contributed by atoms with Crippen LogP contribution in [0.3, 0.4) is 0 Å². The molecule has 1 aromatic carbocycles. The average Bonchev–Trinajstić information content (AvgIpc) is 2.90. The second kappa shape index (κ2) is 4.22. The molecule has 3 nitrogen and oxygen atoms in total. The second-order valence-corrected chi connectivity index (χ2v) is 3.70. The number of rotatable bonds is 2. The van der Waals surface area contributed by atoms with Crippen molar-refractivity contribution in [3.05, 3.63) is 67.1 Å². The van der Waals surface area contributed by atoms with Gasteiger partial charge in [0, 0.05) is 18.0 Å². The number of benzene rings is 1. The molecule has 0 aliphatic heterocycles. The van der Waals surface area contributed by atoms with Crippen LogP contribution in [0.5, 0.6) is 0 Å². The Bertz CT molecular complexity index is 546. The molecular weight excluding hydrogens is 210 g/mol. The van der Waals surface area contributed by atoms with Crippen molar-refractivity contribution in [2.24, 2.45) is 0 Å². The summed E-state index contributed by atoms with van der Waals surface area (Å²) < 4.78 is 1.93. The van der Waals surface area contributed by atoms with Crippen LogP contribution >= 0.6 is 0 Å². The summed E-state index contributed by atoms with van der Waals surface area (Å²) in [6, 6.07) is 16.1. The summed E-state index contributed by atoms with van der Waals surface area (Å²) >= 11 is 0. The van der Waals surface area contributed by atoms with Crippen molar-refractivity contribution >= 4 is 0 Å². The van der Waals surface area contributed by atoms with Gasteiger partial charge in [-0.1, -0.05) is 18.2 Å². The summed E-state index contributed by atoms with van der Waals surface area (Å²) in [6.45, 7) is 0. The molecule has 17 heavy (non-hydrogen) atoms. The lowest BCUT2D eigenvalue weighted by atomic mass is 10.2. The van der Waals surface area contributed by atoms with E-state index in [0.717, 1.165) is 16.9 Å².